The van der Waals surface area contributed by atoms with E-state index in [2.05, 4.69) is 0 Å². The highest BCUT2D eigenvalue weighted by molar-refractivity contribution is 5.73. The summed E-state index contributed by atoms with van der Waals surface area (Å²) in [4.78, 5) is 12.2. The van der Waals surface area contributed by atoms with Crippen molar-refractivity contribution in [3.63, 3.8) is 0 Å². The van der Waals surface area contributed by atoms with Gasteiger partial charge in [-0.3, -0.25) is 4.79 Å². The van der Waals surface area contributed by atoms with Crippen LogP contribution >= 0.6 is 0 Å². The minimum absolute atomic E-state index is 0.103. The molecule has 0 heterocycles. The van der Waals surface area contributed by atoms with Crippen LogP contribution in [0.3, 0.4) is 0 Å². The summed E-state index contributed by atoms with van der Waals surface area (Å²) < 4.78 is 11.3. The van der Waals surface area contributed by atoms with Crippen LogP contribution in [0.1, 0.15) is 60.5 Å². The molecule has 0 aliphatic heterocycles. The summed E-state index contributed by atoms with van der Waals surface area (Å²) in [7, 11) is 0. The van der Waals surface area contributed by atoms with Gasteiger partial charge in [-0.2, -0.15) is 0 Å². The van der Waals surface area contributed by atoms with Crippen LogP contribution in [0.25, 0.3) is 0 Å². The van der Waals surface area contributed by atoms with Crippen LogP contribution in [0, 0.1) is 5.92 Å². The molecule has 0 bridgehead atoms. The Morgan fingerprint density at radius 1 is 1.00 bits per heavy atom. The Morgan fingerprint density at radius 3 is 1.95 bits per heavy atom. The second-order valence-electron chi connectivity index (χ2n) is 7.70. The number of benzene rings is 1. The second kappa shape index (κ2) is 7.17. The largest absolute Gasteiger partial charge is 0.488 e. The molecule has 0 fully saturated rings. The van der Waals surface area contributed by atoms with E-state index in [4.69, 9.17) is 9.47 Å². The minimum Gasteiger partial charge on any atom is -0.488 e. The number of ether oxygens (including phenoxy) is 2. The lowest BCUT2D eigenvalue weighted by atomic mass is 9.96. The van der Waals surface area contributed by atoms with E-state index in [1.54, 1.807) is 0 Å². The van der Waals surface area contributed by atoms with Crippen molar-refractivity contribution in [2.24, 2.45) is 5.92 Å². The van der Waals surface area contributed by atoms with Crippen molar-refractivity contribution in [3.8, 4) is 5.75 Å². The van der Waals surface area contributed by atoms with Gasteiger partial charge in [-0.05, 0) is 72.1 Å². The number of hydrogen-bond donors (Lipinski definition) is 0. The molecule has 0 radical (unpaired) electrons. The molecule has 124 valence electrons. The Bertz CT molecular complexity index is 475. The second-order valence-corrected chi connectivity index (χ2v) is 7.70. The van der Waals surface area contributed by atoms with Crippen LogP contribution in [0.4, 0.5) is 0 Å². The molecule has 1 aromatic carbocycles. The molecule has 22 heavy (non-hydrogen) atoms. The van der Waals surface area contributed by atoms with Gasteiger partial charge in [0.25, 0.3) is 0 Å². The first-order chi connectivity index (χ1) is 10.00. The average molecular weight is 306 g/mol. The fraction of sp³-hybridized carbons (Fsp3) is 0.632. The van der Waals surface area contributed by atoms with Crippen LogP contribution in [0.2, 0.25) is 0 Å². The van der Waals surface area contributed by atoms with Gasteiger partial charge in [0.15, 0.2) is 0 Å². The predicted octanol–water partition coefficient (Wildman–Crippen LogP) is 4.77. The van der Waals surface area contributed by atoms with Gasteiger partial charge in [0.2, 0.25) is 0 Å². The molecule has 0 aliphatic rings. The fourth-order valence-electron chi connectivity index (χ4n) is 2.11. The van der Waals surface area contributed by atoms with E-state index < -0.39 is 5.60 Å². The normalized spacial score (nSPS) is 13.6. The van der Waals surface area contributed by atoms with Crippen molar-refractivity contribution in [1.29, 1.82) is 0 Å². The molecule has 0 saturated heterocycles. The van der Waals surface area contributed by atoms with Gasteiger partial charge in [-0.25, -0.2) is 0 Å². The number of esters is 1. The lowest BCUT2D eigenvalue weighted by molar-refractivity contribution is -0.160. The van der Waals surface area contributed by atoms with E-state index in [9.17, 15) is 4.79 Å². The molecule has 0 spiro atoms. The van der Waals surface area contributed by atoms with Gasteiger partial charge in [-0.1, -0.05) is 19.1 Å². The van der Waals surface area contributed by atoms with Crippen LogP contribution in [0.5, 0.6) is 5.75 Å². The molecule has 0 aromatic heterocycles. The number of carbonyl (C=O) groups is 1. The highest BCUT2D eigenvalue weighted by Crippen LogP contribution is 2.22. The van der Waals surface area contributed by atoms with Crippen molar-refractivity contribution >= 4 is 5.97 Å². The molecule has 0 amide bonds. The topological polar surface area (TPSA) is 35.5 Å². The quantitative estimate of drug-likeness (QED) is 0.735. The van der Waals surface area contributed by atoms with Gasteiger partial charge in [0.05, 0.1) is 5.92 Å². The highest BCUT2D eigenvalue weighted by atomic mass is 16.6. The number of carbonyl (C=O) groups excluding carboxylic acids is 1. The van der Waals surface area contributed by atoms with Crippen LogP contribution in [0.15, 0.2) is 24.3 Å². The fourth-order valence-corrected chi connectivity index (χ4v) is 2.11. The zero-order valence-corrected chi connectivity index (χ0v) is 15.0. The van der Waals surface area contributed by atoms with Crippen molar-refractivity contribution < 1.29 is 14.3 Å². The van der Waals surface area contributed by atoms with Crippen LogP contribution in [-0.4, -0.2) is 17.2 Å². The van der Waals surface area contributed by atoms with E-state index >= 15 is 0 Å². The van der Waals surface area contributed by atoms with E-state index in [-0.39, 0.29) is 17.5 Å². The lowest BCUT2D eigenvalue weighted by Crippen LogP contribution is -2.29. The molecule has 1 rings (SSSR count). The SMILES string of the molecule is CCC(Cc1ccc(OC(C)(C)C)cc1)C(=O)OC(C)(C)C. The molecule has 0 saturated carbocycles. The Hall–Kier alpha value is -1.51. The Morgan fingerprint density at radius 2 is 1.55 bits per heavy atom. The highest BCUT2D eigenvalue weighted by Gasteiger charge is 2.24. The molecular weight excluding hydrogens is 276 g/mol. The maximum Gasteiger partial charge on any atom is 0.309 e. The Kier molecular flexibility index (Phi) is 6.04. The first-order valence-corrected chi connectivity index (χ1v) is 8.01. The van der Waals surface area contributed by atoms with E-state index in [1.807, 2.05) is 72.7 Å². The Labute approximate surface area is 135 Å². The summed E-state index contributed by atoms with van der Waals surface area (Å²) in [5.41, 5.74) is 0.484. The predicted molar refractivity (Wildman–Crippen MR) is 90.2 cm³/mol. The van der Waals surface area contributed by atoms with Crippen LogP contribution in [-0.2, 0) is 16.0 Å². The molecule has 3 heteroatoms. The number of rotatable bonds is 5. The number of hydrogen-bond acceptors (Lipinski definition) is 3. The summed E-state index contributed by atoms with van der Waals surface area (Å²) in [5.74, 6) is 0.625. The standard InChI is InChI=1S/C19H30O3/c1-8-15(17(20)22-19(5,6)7)13-14-9-11-16(12-10-14)21-18(2,3)4/h9-12,15H,8,13H2,1-7H3. The Balaban J connectivity index is 2.70. The van der Waals surface area contributed by atoms with Crippen LogP contribution < -0.4 is 4.74 Å². The minimum atomic E-state index is -0.436. The third-order valence-corrected chi connectivity index (χ3v) is 3.06. The lowest BCUT2D eigenvalue weighted by Gasteiger charge is -2.24. The van der Waals surface area contributed by atoms with E-state index in [0.29, 0.717) is 6.42 Å². The molecule has 0 N–H and O–H groups in total. The molecular formula is C19H30O3. The molecule has 1 aromatic rings. The van der Waals surface area contributed by atoms with Gasteiger partial charge in [0, 0.05) is 0 Å². The molecule has 1 unspecified atom stereocenters. The summed E-state index contributed by atoms with van der Waals surface area (Å²) in [6.45, 7) is 13.8. The average Bonchev–Trinajstić information content (AvgIpc) is 2.33. The van der Waals surface area contributed by atoms with Gasteiger partial charge < -0.3 is 9.47 Å². The van der Waals surface area contributed by atoms with Gasteiger partial charge >= 0.3 is 5.97 Å². The first kappa shape index (κ1) is 18.5. The van der Waals surface area contributed by atoms with Crippen molar-refractivity contribution in [2.75, 3.05) is 0 Å². The summed E-state index contributed by atoms with van der Waals surface area (Å²) in [6, 6.07) is 7.97. The monoisotopic (exact) mass is 306 g/mol. The summed E-state index contributed by atoms with van der Waals surface area (Å²) >= 11 is 0. The van der Waals surface area contributed by atoms with Crippen molar-refractivity contribution in [3.05, 3.63) is 29.8 Å². The maximum atomic E-state index is 12.2. The van der Waals surface area contributed by atoms with Gasteiger partial charge in [-0.15, -0.1) is 0 Å². The molecule has 1 atom stereocenters. The zero-order valence-electron chi connectivity index (χ0n) is 15.0. The third-order valence-electron chi connectivity index (χ3n) is 3.06. The van der Waals surface area contributed by atoms with Crippen molar-refractivity contribution in [1.82, 2.24) is 0 Å². The summed E-state index contributed by atoms with van der Waals surface area (Å²) in [6.07, 6.45) is 1.47. The molecule has 0 aliphatic carbocycles. The third kappa shape index (κ3) is 6.97. The van der Waals surface area contributed by atoms with Crippen molar-refractivity contribution in [2.45, 2.75) is 72.5 Å². The summed E-state index contributed by atoms with van der Waals surface area (Å²) in [5, 5.41) is 0. The smallest absolute Gasteiger partial charge is 0.309 e. The molecule has 3 nitrogen and oxygen atoms in total. The zero-order chi connectivity index (χ0) is 17.0. The van der Waals surface area contributed by atoms with E-state index in [1.165, 1.54) is 0 Å². The maximum absolute atomic E-state index is 12.2. The first-order valence-electron chi connectivity index (χ1n) is 8.01. The van der Waals surface area contributed by atoms with E-state index in [0.717, 1.165) is 17.7 Å². The van der Waals surface area contributed by atoms with Gasteiger partial charge in [0.1, 0.15) is 17.0 Å².